The van der Waals surface area contributed by atoms with Gasteiger partial charge in [-0.15, -0.1) is 12.4 Å². The summed E-state index contributed by atoms with van der Waals surface area (Å²) in [5, 5.41) is 11.5. The second-order valence-electron chi connectivity index (χ2n) is 4.48. The van der Waals surface area contributed by atoms with Gasteiger partial charge in [0.2, 0.25) is 0 Å². The molecule has 1 amide bonds. The van der Waals surface area contributed by atoms with Crippen LogP contribution >= 0.6 is 12.4 Å². The van der Waals surface area contributed by atoms with Crippen molar-refractivity contribution in [2.45, 2.75) is 6.54 Å². The normalized spacial score (nSPS) is 10.1. The summed E-state index contributed by atoms with van der Waals surface area (Å²) in [6.07, 6.45) is 2.61. The number of carbonyl (C=O) groups excluding carboxylic acids is 1. The van der Waals surface area contributed by atoms with E-state index in [1.807, 2.05) is 6.07 Å². The van der Waals surface area contributed by atoms with E-state index in [1.54, 1.807) is 24.3 Å². The number of imidazole rings is 1. The zero-order valence-electron chi connectivity index (χ0n) is 11.7. The molecule has 2 heterocycles. The molecular formula is C14H12ClN5O3. The van der Waals surface area contributed by atoms with Crippen LogP contribution in [0.5, 0.6) is 0 Å². The van der Waals surface area contributed by atoms with Crippen LogP contribution < -0.4 is 5.32 Å². The summed E-state index contributed by atoms with van der Waals surface area (Å²) in [4.78, 5) is 35.0. The predicted octanol–water partition coefficient (Wildman–Crippen LogP) is 1.58. The lowest BCUT2D eigenvalue weighted by molar-refractivity contribution is -0.137. The van der Waals surface area contributed by atoms with Crippen molar-refractivity contribution in [3.8, 4) is 0 Å². The highest BCUT2D eigenvalue weighted by Gasteiger charge is 2.14. The van der Waals surface area contributed by atoms with Crippen LogP contribution in [0.4, 0.5) is 5.82 Å². The Labute approximate surface area is 136 Å². The van der Waals surface area contributed by atoms with Crippen LogP contribution in [0.1, 0.15) is 10.4 Å². The molecular weight excluding hydrogens is 322 g/mol. The Morgan fingerprint density at radius 3 is 2.57 bits per heavy atom. The molecule has 118 valence electrons. The molecule has 0 spiro atoms. The van der Waals surface area contributed by atoms with E-state index >= 15 is 0 Å². The minimum atomic E-state index is -1.01. The summed E-state index contributed by atoms with van der Waals surface area (Å²) < 4.78 is 1.37. The van der Waals surface area contributed by atoms with Crippen LogP contribution in [0, 0.1) is 0 Å². The smallest absolute Gasteiger partial charge is 0.323 e. The van der Waals surface area contributed by atoms with Crippen molar-refractivity contribution >= 4 is 41.3 Å². The first-order valence-corrected chi connectivity index (χ1v) is 6.39. The highest BCUT2D eigenvalue weighted by atomic mass is 35.5. The quantitative estimate of drug-likeness (QED) is 0.750. The molecule has 0 aliphatic carbocycles. The third-order valence-corrected chi connectivity index (χ3v) is 2.97. The molecule has 8 nitrogen and oxygen atoms in total. The molecule has 3 rings (SSSR count). The number of carbonyl (C=O) groups is 2. The van der Waals surface area contributed by atoms with Crippen LogP contribution in [0.2, 0.25) is 0 Å². The molecule has 0 atom stereocenters. The Morgan fingerprint density at radius 2 is 1.87 bits per heavy atom. The van der Waals surface area contributed by atoms with Crippen molar-refractivity contribution in [3.63, 3.8) is 0 Å². The molecule has 2 aromatic heterocycles. The highest BCUT2D eigenvalue weighted by molar-refractivity contribution is 6.06. The van der Waals surface area contributed by atoms with E-state index in [-0.39, 0.29) is 30.7 Å². The van der Waals surface area contributed by atoms with Gasteiger partial charge in [0, 0.05) is 5.56 Å². The molecule has 23 heavy (non-hydrogen) atoms. The standard InChI is InChI=1S/C14H11N5O3.ClH/c20-10(21)6-19-8-17-11-12(15-7-16-13(11)19)18-14(22)9-4-2-1-3-5-9;/h1-5,7-8H,6H2,(H,20,21)(H,15,16,18,22);1H. The largest absolute Gasteiger partial charge is 0.480 e. The summed E-state index contributed by atoms with van der Waals surface area (Å²) >= 11 is 0. The molecule has 0 fully saturated rings. The monoisotopic (exact) mass is 333 g/mol. The number of halogens is 1. The lowest BCUT2D eigenvalue weighted by atomic mass is 10.2. The molecule has 0 unspecified atom stereocenters. The molecule has 0 bridgehead atoms. The number of carboxylic acids is 1. The van der Waals surface area contributed by atoms with Gasteiger partial charge >= 0.3 is 5.97 Å². The van der Waals surface area contributed by atoms with E-state index in [1.165, 1.54) is 17.2 Å². The van der Waals surface area contributed by atoms with Crippen molar-refractivity contribution in [1.29, 1.82) is 0 Å². The average Bonchev–Trinajstić information content (AvgIpc) is 2.92. The Kier molecular flexibility index (Phi) is 4.87. The molecule has 0 radical (unpaired) electrons. The number of benzene rings is 1. The number of nitrogens with zero attached hydrogens (tertiary/aromatic N) is 4. The van der Waals surface area contributed by atoms with E-state index in [0.29, 0.717) is 16.7 Å². The lowest BCUT2D eigenvalue weighted by Crippen LogP contribution is -2.13. The summed E-state index contributed by atoms with van der Waals surface area (Å²) in [7, 11) is 0. The number of rotatable bonds is 4. The van der Waals surface area contributed by atoms with E-state index < -0.39 is 5.97 Å². The Hall–Kier alpha value is -3.00. The van der Waals surface area contributed by atoms with Gasteiger partial charge in [-0.1, -0.05) is 18.2 Å². The molecule has 0 aliphatic rings. The first-order chi connectivity index (χ1) is 10.6. The first-order valence-electron chi connectivity index (χ1n) is 6.39. The van der Waals surface area contributed by atoms with Gasteiger partial charge in [-0.05, 0) is 12.1 Å². The van der Waals surface area contributed by atoms with Crippen molar-refractivity contribution in [2.75, 3.05) is 5.32 Å². The second-order valence-corrected chi connectivity index (χ2v) is 4.48. The number of aliphatic carboxylic acids is 1. The molecule has 2 N–H and O–H groups in total. The number of carboxylic acid groups (broad SMARTS) is 1. The SMILES string of the molecule is Cl.O=C(O)Cn1cnc2c(NC(=O)c3ccccc3)ncnc21. The fraction of sp³-hybridized carbons (Fsp3) is 0.0714. The second kappa shape index (κ2) is 6.84. The number of aromatic nitrogens is 4. The lowest BCUT2D eigenvalue weighted by Gasteiger charge is -2.05. The third-order valence-electron chi connectivity index (χ3n) is 2.97. The zero-order valence-corrected chi connectivity index (χ0v) is 12.5. The van der Waals surface area contributed by atoms with Gasteiger partial charge in [0.1, 0.15) is 12.9 Å². The molecule has 9 heteroatoms. The Balaban J connectivity index is 0.00000192. The number of nitrogens with one attached hydrogen (secondary N) is 1. The average molecular weight is 334 g/mol. The topological polar surface area (TPSA) is 110 Å². The van der Waals surface area contributed by atoms with Crippen molar-refractivity contribution < 1.29 is 14.7 Å². The van der Waals surface area contributed by atoms with Gasteiger partial charge in [-0.3, -0.25) is 9.59 Å². The van der Waals surface area contributed by atoms with Gasteiger partial charge in [-0.25, -0.2) is 15.0 Å². The summed E-state index contributed by atoms with van der Waals surface area (Å²) in [5.41, 5.74) is 1.17. The fourth-order valence-corrected chi connectivity index (χ4v) is 2.00. The Morgan fingerprint density at radius 1 is 1.13 bits per heavy atom. The number of anilines is 1. The highest BCUT2D eigenvalue weighted by Crippen LogP contribution is 2.18. The predicted molar refractivity (Wildman–Crippen MR) is 84.6 cm³/mol. The minimum Gasteiger partial charge on any atom is -0.480 e. The van der Waals surface area contributed by atoms with Crippen LogP contribution in [0.25, 0.3) is 11.2 Å². The third kappa shape index (κ3) is 3.43. The van der Waals surface area contributed by atoms with Crippen LogP contribution in [0.15, 0.2) is 43.0 Å². The van der Waals surface area contributed by atoms with Crippen molar-refractivity contribution in [3.05, 3.63) is 48.5 Å². The minimum absolute atomic E-state index is 0. The van der Waals surface area contributed by atoms with Crippen molar-refractivity contribution in [2.24, 2.45) is 0 Å². The number of fused-ring (bicyclic) bond motifs is 1. The summed E-state index contributed by atoms with van der Waals surface area (Å²) in [6, 6.07) is 8.68. The van der Waals surface area contributed by atoms with Gasteiger partial charge in [0.15, 0.2) is 17.0 Å². The van der Waals surface area contributed by atoms with Gasteiger partial charge < -0.3 is 15.0 Å². The van der Waals surface area contributed by atoms with E-state index in [0.717, 1.165) is 0 Å². The van der Waals surface area contributed by atoms with Crippen LogP contribution in [-0.2, 0) is 11.3 Å². The Bertz CT molecular complexity index is 850. The van der Waals surface area contributed by atoms with Crippen molar-refractivity contribution in [1.82, 2.24) is 19.5 Å². The molecule has 0 aliphatic heterocycles. The molecule has 0 saturated heterocycles. The van der Waals surface area contributed by atoms with Gasteiger partial charge in [0.25, 0.3) is 5.91 Å². The van der Waals surface area contributed by atoms with Gasteiger partial charge in [0.05, 0.1) is 6.33 Å². The molecule has 0 saturated carbocycles. The first kappa shape index (κ1) is 16.4. The maximum absolute atomic E-state index is 12.1. The molecule has 1 aromatic carbocycles. The van der Waals surface area contributed by atoms with E-state index in [2.05, 4.69) is 20.3 Å². The fourth-order valence-electron chi connectivity index (χ4n) is 2.00. The van der Waals surface area contributed by atoms with Crippen LogP contribution in [-0.4, -0.2) is 36.5 Å². The molecule has 3 aromatic rings. The maximum atomic E-state index is 12.1. The summed E-state index contributed by atoms with van der Waals surface area (Å²) in [6.45, 7) is -0.264. The zero-order chi connectivity index (χ0) is 15.5. The number of amides is 1. The van der Waals surface area contributed by atoms with E-state index in [9.17, 15) is 9.59 Å². The van der Waals surface area contributed by atoms with E-state index in [4.69, 9.17) is 5.11 Å². The van der Waals surface area contributed by atoms with Crippen LogP contribution in [0.3, 0.4) is 0 Å². The number of hydrogen-bond acceptors (Lipinski definition) is 5. The summed E-state index contributed by atoms with van der Waals surface area (Å²) in [5.74, 6) is -1.09. The number of hydrogen-bond donors (Lipinski definition) is 2. The van der Waals surface area contributed by atoms with Gasteiger partial charge in [-0.2, -0.15) is 0 Å². The maximum Gasteiger partial charge on any atom is 0.323 e.